The molecule has 3 rings (SSSR count). The van der Waals surface area contributed by atoms with Crippen LogP contribution < -0.4 is 0 Å². The van der Waals surface area contributed by atoms with E-state index in [0.717, 1.165) is 22.4 Å². The molecule has 3 aromatic heterocycles. The summed E-state index contributed by atoms with van der Waals surface area (Å²) in [5, 5.41) is 0.974. The molecular weight excluding hydrogens is 178 g/mol. The van der Waals surface area contributed by atoms with Crippen molar-refractivity contribution in [2.75, 3.05) is 0 Å². The molecule has 0 aliphatic rings. The summed E-state index contributed by atoms with van der Waals surface area (Å²) in [4.78, 5) is 11.2. The molecule has 0 amide bonds. The van der Waals surface area contributed by atoms with Crippen LogP contribution in [0.25, 0.3) is 22.4 Å². The highest BCUT2D eigenvalue weighted by molar-refractivity contribution is 5.91. The van der Waals surface area contributed by atoms with Gasteiger partial charge in [-0.25, -0.2) is 9.97 Å². The summed E-state index contributed by atoms with van der Waals surface area (Å²) in [5.41, 5.74) is 1.82. The fourth-order valence-corrected chi connectivity index (χ4v) is 1.50. The lowest BCUT2D eigenvalue weighted by molar-refractivity contribution is 0.583. The van der Waals surface area contributed by atoms with Gasteiger partial charge in [-0.05, 0) is 12.1 Å². The Morgan fingerprint density at radius 1 is 1.36 bits per heavy atom. The van der Waals surface area contributed by atoms with Crippen LogP contribution in [0.4, 0.5) is 0 Å². The fraction of sp³-hybridized carbons (Fsp3) is 0. The molecule has 0 saturated heterocycles. The van der Waals surface area contributed by atoms with Crippen molar-refractivity contribution >= 4 is 11.0 Å². The molecule has 0 unspecified atom stereocenters. The van der Waals surface area contributed by atoms with Crippen LogP contribution >= 0.6 is 0 Å². The van der Waals surface area contributed by atoms with Crippen LogP contribution in [-0.2, 0) is 0 Å². The van der Waals surface area contributed by atoms with Crippen molar-refractivity contribution in [3.63, 3.8) is 0 Å². The minimum atomic E-state index is 0.825. The SMILES string of the molecule is c1coc(-c2c[nH]c3ncncc23)c1. The van der Waals surface area contributed by atoms with Gasteiger partial charge < -0.3 is 9.40 Å². The zero-order valence-corrected chi connectivity index (χ0v) is 7.27. The predicted octanol–water partition coefficient (Wildman–Crippen LogP) is 2.22. The van der Waals surface area contributed by atoms with E-state index in [1.54, 1.807) is 12.5 Å². The van der Waals surface area contributed by atoms with Crippen LogP contribution in [0.15, 0.2) is 41.5 Å². The van der Waals surface area contributed by atoms with Crippen molar-refractivity contribution in [2.24, 2.45) is 0 Å². The molecule has 0 aliphatic carbocycles. The first-order valence-corrected chi connectivity index (χ1v) is 4.26. The van der Waals surface area contributed by atoms with Gasteiger partial charge in [0.05, 0.1) is 6.26 Å². The summed E-state index contributed by atoms with van der Waals surface area (Å²) >= 11 is 0. The molecule has 0 aromatic carbocycles. The number of fused-ring (bicyclic) bond motifs is 1. The molecule has 3 heterocycles. The Hall–Kier alpha value is -2.10. The Morgan fingerprint density at radius 3 is 3.21 bits per heavy atom. The molecule has 0 radical (unpaired) electrons. The lowest BCUT2D eigenvalue weighted by atomic mass is 10.2. The van der Waals surface area contributed by atoms with Gasteiger partial charge in [-0.15, -0.1) is 0 Å². The lowest BCUT2D eigenvalue weighted by Crippen LogP contribution is -1.77. The van der Waals surface area contributed by atoms with E-state index in [-0.39, 0.29) is 0 Å². The molecule has 0 aliphatic heterocycles. The number of nitrogens with one attached hydrogen (secondary N) is 1. The third-order valence-electron chi connectivity index (χ3n) is 2.14. The van der Waals surface area contributed by atoms with Crippen LogP contribution in [0.3, 0.4) is 0 Å². The largest absolute Gasteiger partial charge is 0.464 e. The normalized spacial score (nSPS) is 10.9. The summed E-state index contributed by atoms with van der Waals surface area (Å²) in [5.74, 6) is 0.825. The van der Waals surface area contributed by atoms with E-state index in [0.29, 0.717) is 0 Å². The Kier molecular flexibility index (Phi) is 1.41. The number of H-pyrrole nitrogens is 1. The highest BCUT2D eigenvalue weighted by Crippen LogP contribution is 2.26. The van der Waals surface area contributed by atoms with Crippen LogP contribution in [0.5, 0.6) is 0 Å². The maximum Gasteiger partial charge on any atom is 0.141 e. The van der Waals surface area contributed by atoms with Gasteiger partial charge in [0.2, 0.25) is 0 Å². The van der Waals surface area contributed by atoms with Crippen molar-refractivity contribution in [1.82, 2.24) is 15.0 Å². The monoisotopic (exact) mass is 185 g/mol. The van der Waals surface area contributed by atoms with Gasteiger partial charge in [0.25, 0.3) is 0 Å². The first-order valence-electron chi connectivity index (χ1n) is 4.26. The second-order valence-electron chi connectivity index (χ2n) is 2.96. The molecule has 4 heteroatoms. The maximum atomic E-state index is 5.31. The number of aromatic amines is 1. The molecule has 1 N–H and O–H groups in total. The Morgan fingerprint density at radius 2 is 2.36 bits per heavy atom. The summed E-state index contributed by atoms with van der Waals surface area (Å²) in [6.45, 7) is 0. The molecule has 0 fully saturated rings. The molecule has 14 heavy (non-hydrogen) atoms. The molecule has 68 valence electrons. The third kappa shape index (κ3) is 0.939. The molecule has 0 spiro atoms. The standard InChI is InChI=1S/C10H7N3O/c1-2-9(14-3-1)7-5-12-10-8(7)4-11-6-13-10/h1-6H,(H,11,12,13). The average Bonchev–Trinajstić information content (AvgIpc) is 2.85. The quantitative estimate of drug-likeness (QED) is 0.632. The fourth-order valence-electron chi connectivity index (χ4n) is 1.50. The maximum absolute atomic E-state index is 5.31. The first-order chi connectivity index (χ1) is 6.95. The van der Waals surface area contributed by atoms with Gasteiger partial charge in [0.15, 0.2) is 0 Å². The van der Waals surface area contributed by atoms with Crippen molar-refractivity contribution < 1.29 is 4.42 Å². The Balaban J connectivity index is 2.33. The molecule has 0 atom stereocenters. The van der Waals surface area contributed by atoms with Crippen molar-refractivity contribution in [3.05, 3.63) is 37.1 Å². The zero-order chi connectivity index (χ0) is 9.38. The summed E-state index contributed by atoms with van der Waals surface area (Å²) in [6.07, 6.45) is 6.82. The smallest absolute Gasteiger partial charge is 0.141 e. The molecule has 3 aromatic rings. The van der Waals surface area contributed by atoms with Crippen LogP contribution in [0, 0.1) is 0 Å². The van der Waals surface area contributed by atoms with E-state index >= 15 is 0 Å². The Bertz CT molecular complexity index is 554. The third-order valence-corrected chi connectivity index (χ3v) is 2.14. The van der Waals surface area contributed by atoms with E-state index in [9.17, 15) is 0 Å². The lowest BCUT2D eigenvalue weighted by Gasteiger charge is -1.91. The minimum Gasteiger partial charge on any atom is -0.464 e. The van der Waals surface area contributed by atoms with Crippen LogP contribution in [-0.4, -0.2) is 15.0 Å². The highest BCUT2D eigenvalue weighted by Gasteiger charge is 2.08. The van der Waals surface area contributed by atoms with Gasteiger partial charge in [0.1, 0.15) is 17.7 Å². The number of furan rings is 1. The number of nitrogens with zero attached hydrogens (tertiary/aromatic N) is 2. The van der Waals surface area contributed by atoms with Gasteiger partial charge in [-0.1, -0.05) is 0 Å². The first kappa shape index (κ1) is 7.32. The van der Waals surface area contributed by atoms with Gasteiger partial charge in [-0.3, -0.25) is 0 Å². The summed E-state index contributed by atoms with van der Waals surface area (Å²) < 4.78 is 5.31. The molecule has 0 bridgehead atoms. The van der Waals surface area contributed by atoms with Gasteiger partial charge in [-0.2, -0.15) is 0 Å². The van der Waals surface area contributed by atoms with E-state index < -0.39 is 0 Å². The second kappa shape index (κ2) is 2.70. The zero-order valence-electron chi connectivity index (χ0n) is 7.27. The topological polar surface area (TPSA) is 54.7 Å². The summed E-state index contributed by atoms with van der Waals surface area (Å²) in [6, 6.07) is 3.77. The number of aromatic nitrogens is 3. The van der Waals surface area contributed by atoms with Crippen molar-refractivity contribution in [1.29, 1.82) is 0 Å². The van der Waals surface area contributed by atoms with E-state index in [1.807, 2.05) is 18.3 Å². The van der Waals surface area contributed by atoms with Crippen LogP contribution in [0.1, 0.15) is 0 Å². The van der Waals surface area contributed by atoms with E-state index in [2.05, 4.69) is 15.0 Å². The average molecular weight is 185 g/mol. The van der Waals surface area contributed by atoms with Crippen molar-refractivity contribution in [3.8, 4) is 11.3 Å². The Labute approximate surface area is 79.6 Å². The van der Waals surface area contributed by atoms with E-state index in [1.165, 1.54) is 6.33 Å². The van der Waals surface area contributed by atoms with Gasteiger partial charge in [0, 0.05) is 23.3 Å². The van der Waals surface area contributed by atoms with E-state index in [4.69, 9.17) is 4.42 Å². The number of hydrogen-bond donors (Lipinski definition) is 1. The van der Waals surface area contributed by atoms with Gasteiger partial charge >= 0.3 is 0 Å². The van der Waals surface area contributed by atoms with Crippen molar-refractivity contribution in [2.45, 2.75) is 0 Å². The molecular formula is C10H7N3O. The number of rotatable bonds is 1. The predicted molar refractivity (Wildman–Crippen MR) is 51.6 cm³/mol. The minimum absolute atomic E-state index is 0.825. The molecule has 4 nitrogen and oxygen atoms in total. The molecule has 0 saturated carbocycles. The summed E-state index contributed by atoms with van der Waals surface area (Å²) in [7, 11) is 0. The van der Waals surface area contributed by atoms with Crippen LogP contribution in [0.2, 0.25) is 0 Å². The number of hydrogen-bond acceptors (Lipinski definition) is 3. The highest BCUT2D eigenvalue weighted by atomic mass is 16.3. The second-order valence-corrected chi connectivity index (χ2v) is 2.96.